The van der Waals surface area contributed by atoms with Crippen molar-refractivity contribution >= 4 is 28.9 Å². The van der Waals surface area contributed by atoms with Crippen molar-refractivity contribution in [3.63, 3.8) is 0 Å². The molecule has 1 amide bonds. The third-order valence-electron chi connectivity index (χ3n) is 4.13. The van der Waals surface area contributed by atoms with Crippen LogP contribution in [0.5, 0.6) is 0 Å². The quantitative estimate of drug-likeness (QED) is 0.659. The zero-order valence-corrected chi connectivity index (χ0v) is 15.5. The molecule has 0 spiro atoms. The summed E-state index contributed by atoms with van der Waals surface area (Å²) in [5, 5.41) is 3.60. The van der Waals surface area contributed by atoms with Crippen LogP contribution >= 0.6 is 11.6 Å². The van der Waals surface area contributed by atoms with Gasteiger partial charge in [0, 0.05) is 42.3 Å². The smallest absolute Gasteiger partial charge is 0.217 e. The van der Waals surface area contributed by atoms with Crippen LogP contribution in [0.4, 0.5) is 15.8 Å². The Bertz CT molecular complexity index is 886. The molecule has 138 valence electrons. The van der Waals surface area contributed by atoms with Gasteiger partial charge >= 0.3 is 0 Å². The van der Waals surface area contributed by atoms with Gasteiger partial charge in [-0.05, 0) is 54.1 Å². The van der Waals surface area contributed by atoms with Gasteiger partial charge < -0.3 is 10.2 Å². The molecule has 1 unspecified atom stereocenters. The van der Waals surface area contributed by atoms with E-state index in [1.54, 1.807) is 24.5 Å². The van der Waals surface area contributed by atoms with E-state index in [0.29, 0.717) is 11.6 Å². The number of aromatic nitrogens is 1. The molecule has 0 bridgehead atoms. The summed E-state index contributed by atoms with van der Waals surface area (Å²) in [6, 6.07) is 17.1. The first kappa shape index (κ1) is 18.9. The van der Waals surface area contributed by atoms with Gasteiger partial charge in [-0.25, -0.2) is 4.39 Å². The topological polar surface area (TPSA) is 45.2 Å². The first-order valence-corrected chi connectivity index (χ1v) is 8.86. The number of carbonyl (C=O) groups is 1. The van der Waals surface area contributed by atoms with Gasteiger partial charge in [0.1, 0.15) is 5.82 Å². The minimum Gasteiger partial charge on any atom is -0.348 e. The molecule has 3 aromatic rings. The minimum atomic E-state index is -0.327. The van der Waals surface area contributed by atoms with Crippen LogP contribution in [0.15, 0.2) is 73.1 Å². The number of anilines is 2. The summed E-state index contributed by atoms with van der Waals surface area (Å²) in [6.45, 7) is 1.92. The monoisotopic (exact) mass is 383 g/mol. The highest BCUT2D eigenvalue weighted by Crippen LogP contribution is 2.29. The lowest BCUT2D eigenvalue weighted by Gasteiger charge is -2.30. The molecule has 0 saturated heterocycles. The molecule has 4 nitrogen and oxygen atoms in total. The summed E-state index contributed by atoms with van der Waals surface area (Å²) in [7, 11) is 0. The summed E-state index contributed by atoms with van der Waals surface area (Å²) < 4.78 is 13.3. The fourth-order valence-electron chi connectivity index (χ4n) is 2.86. The lowest BCUT2D eigenvalue weighted by molar-refractivity contribution is -0.119. The van der Waals surface area contributed by atoms with Gasteiger partial charge in [0.05, 0.1) is 6.04 Å². The molecule has 2 aromatic carbocycles. The standard InChI is InChI=1S/C21H19ClFN3O/c1-15(27)25-21(16-2-6-18(23)7-3-16)14-26(20-10-12-24-13-11-20)19-8-4-17(22)5-9-19/h2-13,21H,14H2,1H3,(H,25,27). The third kappa shape index (κ3) is 5.05. The van der Waals surface area contributed by atoms with Crippen molar-refractivity contribution in [2.75, 3.05) is 11.4 Å². The van der Waals surface area contributed by atoms with E-state index >= 15 is 0 Å². The summed E-state index contributed by atoms with van der Waals surface area (Å²) in [5.41, 5.74) is 2.66. The second-order valence-electron chi connectivity index (χ2n) is 6.10. The Kier molecular flexibility index (Phi) is 6.04. The Labute approximate surface area is 162 Å². The number of pyridine rings is 1. The van der Waals surface area contributed by atoms with Crippen molar-refractivity contribution in [1.29, 1.82) is 0 Å². The van der Waals surface area contributed by atoms with E-state index in [9.17, 15) is 9.18 Å². The maximum Gasteiger partial charge on any atom is 0.217 e. The normalized spacial score (nSPS) is 11.7. The van der Waals surface area contributed by atoms with Gasteiger partial charge in [-0.15, -0.1) is 0 Å². The number of hydrogen-bond donors (Lipinski definition) is 1. The third-order valence-corrected chi connectivity index (χ3v) is 4.38. The Morgan fingerprint density at radius 2 is 1.63 bits per heavy atom. The molecule has 1 heterocycles. The first-order chi connectivity index (χ1) is 13.0. The molecule has 0 radical (unpaired) electrons. The predicted molar refractivity (Wildman–Crippen MR) is 106 cm³/mol. The highest BCUT2D eigenvalue weighted by atomic mass is 35.5. The number of benzene rings is 2. The van der Waals surface area contributed by atoms with Crippen LogP contribution in [-0.4, -0.2) is 17.4 Å². The summed E-state index contributed by atoms with van der Waals surface area (Å²) in [4.78, 5) is 17.9. The first-order valence-electron chi connectivity index (χ1n) is 8.48. The van der Waals surface area contributed by atoms with E-state index in [2.05, 4.69) is 15.2 Å². The maximum absolute atomic E-state index is 13.3. The maximum atomic E-state index is 13.3. The molecule has 0 aliphatic heterocycles. The van der Waals surface area contributed by atoms with E-state index < -0.39 is 0 Å². The number of nitrogens with zero attached hydrogens (tertiary/aromatic N) is 2. The van der Waals surface area contributed by atoms with Gasteiger partial charge in [0.2, 0.25) is 5.91 Å². The van der Waals surface area contributed by atoms with Crippen molar-refractivity contribution < 1.29 is 9.18 Å². The van der Waals surface area contributed by atoms with Gasteiger partial charge in [0.25, 0.3) is 0 Å². The van der Waals surface area contributed by atoms with E-state index in [1.807, 2.05) is 36.4 Å². The Hall–Kier alpha value is -2.92. The molecule has 0 aliphatic carbocycles. The number of halogens is 2. The molecule has 3 rings (SSSR count). The van der Waals surface area contributed by atoms with Crippen molar-refractivity contribution in [1.82, 2.24) is 10.3 Å². The number of nitrogens with one attached hydrogen (secondary N) is 1. The van der Waals surface area contributed by atoms with E-state index in [4.69, 9.17) is 11.6 Å². The molecule has 0 fully saturated rings. The molecule has 1 aromatic heterocycles. The van der Waals surface area contributed by atoms with Gasteiger partial charge in [0.15, 0.2) is 0 Å². The van der Waals surface area contributed by atoms with E-state index in [0.717, 1.165) is 16.9 Å². The van der Waals surface area contributed by atoms with Crippen LogP contribution in [0, 0.1) is 5.82 Å². The molecular formula is C21H19ClFN3O. The largest absolute Gasteiger partial charge is 0.348 e. The van der Waals surface area contributed by atoms with Gasteiger partial charge in [-0.2, -0.15) is 0 Å². The molecular weight excluding hydrogens is 365 g/mol. The average Bonchev–Trinajstić information content (AvgIpc) is 2.67. The van der Waals surface area contributed by atoms with Crippen molar-refractivity contribution in [2.45, 2.75) is 13.0 Å². The second-order valence-corrected chi connectivity index (χ2v) is 6.53. The highest BCUT2D eigenvalue weighted by Gasteiger charge is 2.19. The molecule has 6 heteroatoms. The lowest BCUT2D eigenvalue weighted by atomic mass is 10.1. The van der Waals surface area contributed by atoms with Crippen LogP contribution in [0.3, 0.4) is 0 Å². The molecule has 27 heavy (non-hydrogen) atoms. The van der Waals surface area contributed by atoms with Crippen LogP contribution in [-0.2, 0) is 4.79 Å². The van der Waals surface area contributed by atoms with Crippen molar-refractivity contribution in [2.24, 2.45) is 0 Å². The van der Waals surface area contributed by atoms with Crippen LogP contribution < -0.4 is 10.2 Å². The molecule has 0 aliphatic rings. The Balaban J connectivity index is 1.97. The highest BCUT2D eigenvalue weighted by molar-refractivity contribution is 6.30. The minimum absolute atomic E-state index is 0.157. The summed E-state index contributed by atoms with van der Waals surface area (Å²) in [6.07, 6.45) is 3.42. The van der Waals surface area contributed by atoms with Crippen LogP contribution in [0.1, 0.15) is 18.5 Å². The lowest BCUT2D eigenvalue weighted by Crippen LogP contribution is -2.35. The Morgan fingerprint density at radius 1 is 1.04 bits per heavy atom. The van der Waals surface area contributed by atoms with Crippen molar-refractivity contribution in [3.8, 4) is 0 Å². The number of carbonyl (C=O) groups excluding carboxylic acids is 1. The van der Waals surface area contributed by atoms with Gasteiger partial charge in [-0.3, -0.25) is 9.78 Å². The van der Waals surface area contributed by atoms with Gasteiger partial charge in [-0.1, -0.05) is 23.7 Å². The van der Waals surface area contributed by atoms with Crippen molar-refractivity contribution in [3.05, 3.63) is 89.5 Å². The fourth-order valence-corrected chi connectivity index (χ4v) is 2.99. The van der Waals surface area contributed by atoms with E-state index in [1.165, 1.54) is 19.1 Å². The zero-order valence-electron chi connectivity index (χ0n) is 14.8. The summed E-state index contributed by atoms with van der Waals surface area (Å²) >= 11 is 6.03. The van der Waals surface area contributed by atoms with E-state index in [-0.39, 0.29) is 17.8 Å². The fraction of sp³-hybridized carbons (Fsp3) is 0.143. The van der Waals surface area contributed by atoms with Crippen LogP contribution in [0.2, 0.25) is 5.02 Å². The predicted octanol–water partition coefficient (Wildman–Crippen LogP) is 4.89. The average molecular weight is 384 g/mol. The SMILES string of the molecule is CC(=O)NC(CN(c1ccncc1)c1ccc(Cl)cc1)c1ccc(F)cc1. The second kappa shape index (κ2) is 8.64. The Morgan fingerprint density at radius 3 is 2.22 bits per heavy atom. The molecule has 1 atom stereocenters. The van der Waals surface area contributed by atoms with Crippen LogP contribution in [0.25, 0.3) is 0 Å². The number of amides is 1. The number of hydrogen-bond acceptors (Lipinski definition) is 3. The molecule has 0 saturated carbocycles. The molecule has 1 N–H and O–H groups in total. The summed E-state index contributed by atoms with van der Waals surface area (Å²) in [5.74, 6) is -0.473. The zero-order chi connectivity index (χ0) is 19.2. The number of rotatable bonds is 6.